The average Bonchev–Trinajstić information content (AvgIpc) is 1.86. The second-order valence-electron chi connectivity index (χ2n) is 4.28. The highest BCUT2D eigenvalue weighted by atomic mass is 16.3. The molecule has 1 saturated carbocycles. The monoisotopic (exact) mass is 157 g/mol. The van der Waals surface area contributed by atoms with Gasteiger partial charge in [-0.15, -0.1) is 0 Å². The lowest BCUT2D eigenvalue weighted by molar-refractivity contribution is 0.0350. The molecule has 0 unspecified atom stereocenters. The first-order valence-corrected chi connectivity index (χ1v) is 4.49. The van der Waals surface area contributed by atoms with E-state index in [0.29, 0.717) is 5.92 Å². The molecule has 1 rings (SSSR count). The van der Waals surface area contributed by atoms with Gasteiger partial charge in [-0.1, -0.05) is 12.8 Å². The highest BCUT2D eigenvalue weighted by Crippen LogP contribution is 2.31. The van der Waals surface area contributed by atoms with E-state index in [4.69, 9.17) is 5.73 Å². The molecule has 0 bridgehead atoms. The third kappa shape index (κ3) is 2.17. The van der Waals surface area contributed by atoms with E-state index in [0.717, 1.165) is 19.3 Å². The Hall–Kier alpha value is -0.0800. The van der Waals surface area contributed by atoms with Crippen LogP contribution in [-0.2, 0) is 0 Å². The largest absolute Gasteiger partial charge is 0.393 e. The second-order valence-corrected chi connectivity index (χ2v) is 4.28. The molecule has 0 amide bonds. The first-order chi connectivity index (χ1) is 5.02. The van der Waals surface area contributed by atoms with Crippen LogP contribution in [0.5, 0.6) is 0 Å². The predicted octanol–water partition coefficient (Wildman–Crippen LogP) is 1.27. The maximum Gasteiger partial charge on any atom is 0.0585 e. The lowest BCUT2D eigenvalue weighted by Gasteiger charge is -2.37. The van der Waals surface area contributed by atoms with Crippen molar-refractivity contribution in [2.45, 2.75) is 51.2 Å². The number of aliphatic hydroxyl groups is 1. The van der Waals surface area contributed by atoms with Crippen LogP contribution in [0.15, 0.2) is 0 Å². The highest BCUT2D eigenvalue weighted by molar-refractivity contribution is 4.89. The van der Waals surface area contributed by atoms with Crippen molar-refractivity contribution in [3.63, 3.8) is 0 Å². The van der Waals surface area contributed by atoms with E-state index in [-0.39, 0.29) is 11.6 Å². The molecule has 3 N–H and O–H groups in total. The molecular weight excluding hydrogens is 138 g/mol. The molecule has 1 aliphatic carbocycles. The Kier molecular flexibility index (Phi) is 2.55. The van der Waals surface area contributed by atoms with Gasteiger partial charge < -0.3 is 10.8 Å². The van der Waals surface area contributed by atoms with E-state index in [2.05, 4.69) is 0 Å². The van der Waals surface area contributed by atoms with Crippen LogP contribution in [-0.4, -0.2) is 16.7 Å². The standard InChI is InChI=1S/C9H19NO/c1-9(2,10)7-5-3-4-6-8(7)11/h7-8,11H,3-6,10H2,1-2H3/t7-,8-/m1/s1. The van der Waals surface area contributed by atoms with Gasteiger partial charge in [-0.3, -0.25) is 0 Å². The summed E-state index contributed by atoms with van der Waals surface area (Å²) in [4.78, 5) is 0. The second kappa shape index (κ2) is 3.11. The van der Waals surface area contributed by atoms with Gasteiger partial charge in [-0.2, -0.15) is 0 Å². The van der Waals surface area contributed by atoms with Crippen molar-refractivity contribution in [2.24, 2.45) is 11.7 Å². The first kappa shape index (κ1) is 9.01. The number of aliphatic hydroxyl groups excluding tert-OH is 1. The number of rotatable bonds is 1. The summed E-state index contributed by atoms with van der Waals surface area (Å²) in [5.74, 6) is 0.302. The minimum absolute atomic E-state index is 0.163. The Morgan fingerprint density at radius 3 is 2.18 bits per heavy atom. The van der Waals surface area contributed by atoms with E-state index in [1.807, 2.05) is 13.8 Å². The molecule has 0 aromatic heterocycles. The molecule has 1 fully saturated rings. The summed E-state index contributed by atoms with van der Waals surface area (Å²) in [5, 5.41) is 9.62. The Labute approximate surface area is 68.8 Å². The lowest BCUT2D eigenvalue weighted by Crippen LogP contribution is -2.47. The van der Waals surface area contributed by atoms with Crippen molar-refractivity contribution < 1.29 is 5.11 Å². The highest BCUT2D eigenvalue weighted by Gasteiger charge is 2.33. The first-order valence-electron chi connectivity index (χ1n) is 4.49. The Morgan fingerprint density at radius 1 is 1.27 bits per heavy atom. The molecule has 0 aromatic carbocycles. The van der Waals surface area contributed by atoms with Gasteiger partial charge in [0.15, 0.2) is 0 Å². The van der Waals surface area contributed by atoms with Crippen molar-refractivity contribution >= 4 is 0 Å². The van der Waals surface area contributed by atoms with Gasteiger partial charge in [-0.05, 0) is 26.7 Å². The summed E-state index contributed by atoms with van der Waals surface area (Å²) >= 11 is 0. The quantitative estimate of drug-likeness (QED) is 0.602. The zero-order valence-corrected chi connectivity index (χ0v) is 7.51. The van der Waals surface area contributed by atoms with Crippen molar-refractivity contribution in [3.8, 4) is 0 Å². The molecule has 1 aliphatic rings. The third-order valence-corrected chi connectivity index (χ3v) is 2.69. The fourth-order valence-electron chi connectivity index (χ4n) is 1.98. The summed E-state index contributed by atoms with van der Waals surface area (Å²) < 4.78 is 0. The minimum Gasteiger partial charge on any atom is -0.393 e. The normalized spacial score (nSPS) is 33.8. The van der Waals surface area contributed by atoms with Crippen LogP contribution in [0.2, 0.25) is 0 Å². The summed E-state index contributed by atoms with van der Waals surface area (Å²) in [6.07, 6.45) is 4.25. The Balaban J connectivity index is 2.55. The summed E-state index contributed by atoms with van der Waals surface area (Å²) in [7, 11) is 0. The summed E-state index contributed by atoms with van der Waals surface area (Å²) in [6, 6.07) is 0. The molecule has 0 aliphatic heterocycles. The van der Waals surface area contributed by atoms with Gasteiger partial charge in [-0.25, -0.2) is 0 Å². The molecule has 0 radical (unpaired) electrons. The topological polar surface area (TPSA) is 46.2 Å². The zero-order valence-electron chi connectivity index (χ0n) is 7.51. The SMILES string of the molecule is CC(C)(N)[C@@H]1CCCC[C@H]1O. The van der Waals surface area contributed by atoms with Crippen molar-refractivity contribution in [3.05, 3.63) is 0 Å². The fraction of sp³-hybridized carbons (Fsp3) is 1.00. The van der Waals surface area contributed by atoms with Gasteiger partial charge in [0.2, 0.25) is 0 Å². The van der Waals surface area contributed by atoms with Crippen LogP contribution in [0, 0.1) is 5.92 Å². The van der Waals surface area contributed by atoms with Crippen LogP contribution in [0.25, 0.3) is 0 Å². The van der Waals surface area contributed by atoms with E-state index in [9.17, 15) is 5.11 Å². The van der Waals surface area contributed by atoms with Gasteiger partial charge >= 0.3 is 0 Å². The number of hydrogen-bond donors (Lipinski definition) is 2. The number of hydrogen-bond acceptors (Lipinski definition) is 2. The van der Waals surface area contributed by atoms with Crippen LogP contribution in [0.4, 0.5) is 0 Å². The van der Waals surface area contributed by atoms with Gasteiger partial charge in [0, 0.05) is 11.5 Å². The molecule has 0 heterocycles. The lowest BCUT2D eigenvalue weighted by atomic mass is 9.75. The zero-order chi connectivity index (χ0) is 8.48. The van der Waals surface area contributed by atoms with Crippen LogP contribution < -0.4 is 5.73 Å². The van der Waals surface area contributed by atoms with E-state index < -0.39 is 0 Å². The van der Waals surface area contributed by atoms with E-state index >= 15 is 0 Å². The maximum atomic E-state index is 9.62. The van der Waals surface area contributed by atoms with E-state index in [1.54, 1.807) is 0 Å². The van der Waals surface area contributed by atoms with Gasteiger partial charge in [0.05, 0.1) is 6.10 Å². The van der Waals surface area contributed by atoms with Crippen LogP contribution in [0.3, 0.4) is 0 Å². The van der Waals surface area contributed by atoms with Gasteiger partial charge in [0.25, 0.3) is 0 Å². The average molecular weight is 157 g/mol. The Morgan fingerprint density at radius 2 is 1.82 bits per heavy atom. The number of nitrogens with two attached hydrogens (primary N) is 1. The summed E-state index contributed by atoms with van der Waals surface area (Å²) in [6.45, 7) is 4.01. The van der Waals surface area contributed by atoms with Crippen molar-refractivity contribution in [1.29, 1.82) is 0 Å². The molecule has 2 heteroatoms. The molecule has 0 aromatic rings. The molecular formula is C9H19NO. The van der Waals surface area contributed by atoms with Crippen molar-refractivity contribution in [2.75, 3.05) is 0 Å². The smallest absolute Gasteiger partial charge is 0.0585 e. The third-order valence-electron chi connectivity index (χ3n) is 2.69. The molecule has 0 spiro atoms. The van der Waals surface area contributed by atoms with E-state index in [1.165, 1.54) is 6.42 Å². The maximum absolute atomic E-state index is 9.62. The molecule has 0 saturated heterocycles. The predicted molar refractivity (Wildman–Crippen MR) is 46.2 cm³/mol. The fourth-order valence-corrected chi connectivity index (χ4v) is 1.98. The molecule has 2 nitrogen and oxygen atoms in total. The molecule has 2 atom stereocenters. The summed E-state index contributed by atoms with van der Waals surface area (Å²) in [5.41, 5.74) is 5.73. The molecule has 11 heavy (non-hydrogen) atoms. The van der Waals surface area contributed by atoms with Crippen molar-refractivity contribution in [1.82, 2.24) is 0 Å². The Bertz CT molecular complexity index is 128. The molecule has 66 valence electrons. The van der Waals surface area contributed by atoms with Crippen LogP contribution >= 0.6 is 0 Å². The van der Waals surface area contributed by atoms with Crippen LogP contribution in [0.1, 0.15) is 39.5 Å². The minimum atomic E-state index is -0.208. The van der Waals surface area contributed by atoms with Gasteiger partial charge in [0.1, 0.15) is 0 Å².